The van der Waals surface area contributed by atoms with Crippen LogP contribution in [0.2, 0.25) is 0 Å². The van der Waals surface area contributed by atoms with Crippen molar-refractivity contribution in [3.05, 3.63) is 60.2 Å². The van der Waals surface area contributed by atoms with Crippen LogP contribution in [0.15, 0.2) is 43.0 Å². The van der Waals surface area contributed by atoms with Gasteiger partial charge in [-0.25, -0.2) is 9.78 Å². The van der Waals surface area contributed by atoms with Crippen LogP contribution in [-0.4, -0.2) is 42.3 Å². The highest BCUT2D eigenvalue weighted by atomic mass is 16.2. The molecule has 2 heterocycles. The molecule has 0 spiro atoms. The van der Waals surface area contributed by atoms with Gasteiger partial charge in [0, 0.05) is 37.7 Å². The number of aromatic nitrogens is 5. The Morgan fingerprint density at radius 2 is 2.00 bits per heavy atom. The molecule has 0 fully saturated rings. The van der Waals surface area contributed by atoms with Gasteiger partial charge in [-0.15, -0.1) is 10.2 Å². The number of hydrogen-bond donors (Lipinski definition) is 1. The van der Waals surface area contributed by atoms with Crippen LogP contribution < -0.4 is 5.32 Å². The second-order valence-electron chi connectivity index (χ2n) is 6.77. The Hall–Kier alpha value is -3.16. The molecule has 8 heteroatoms. The maximum absolute atomic E-state index is 12.4. The Labute approximate surface area is 158 Å². The summed E-state index contributed by atoms with van der Waals surface area (Å²) >= 11 is 0. The summed E-state index contributed by atoms with van der Waals surface area (Å²) in [5, 5.41) is 11.0. The number of nitrogens with one attached hydrogen (secondary N) is 1. The molecule has 1 aromatic carbocycles. The van der Waals surface area contributed by atoms with E-state index in [4.69, 9.17) is 0 Å². The summed E-state index contributed by atoms with van der Waals surface area (Å²) in [5.41, 5.74) is 2.08. The van der Waals surface area contributed by atoms with Gasteiger partial charge >= 0.3 is 6.03 Å². The molecule has 0 atom stereocenters. The van der Waals surface area contributed by atoms with Crippen LogP contribution in [0.1, 0.15) is 37.1 Å². The number of aryl methyl sites for hydroxylation is 1. The molecule has 0 aliphatic heterocycles. The molecule has 0 saturated heterocycles. The minimum Gasteiger partial charge on any atom is -0.334 e. The highest BCUT2D eigenvalue weighted by molar-refractivity contribution is 5.73. The monoisotopic (exact) mass is 367 g/mol. The molecule has 2 amide bonds. The van der Waals surface area contributed by atoms with Crippen LogP contribution in [0.4, 0.5) is 4.79 Å². The lowest BCUT2D eigenvalue weighted by molar-refractivity contribution is 0.204. The molecule has 3 aromatic rings. The maximum atomic E-state index is 12.4. The molecule has 142 valence electrons. The van der Waals surface area contributed by atoms with Gasteiger partial charge in [-0.05, 0) is 38.5 Å². The van der Waals surface area contributed by atoms with E-state index in [0.717, 1.165) is 22.9 Å². The summed E-state index contributed by atoms with van der Waals surface area (Å²) in [6.07, 6.45) is 5.39. The third kappa shape index (κ3) is 4.33. The zero-order valence-corrected chi connectivity index (χ0v) is 16.1. The van der Waals surface area contributed by atoms with Crippen LogP contribution >= 0.6 is 0 Å². The van der Waals surface area contributed by atoms with Crippen LogP contribution in [0.3, 0.4) is 0 Å². The second-order valence-corrected chi connectivity index (χ2v) is 6.77. The number of imidazole rings is 1. The standard InChI is InChI=1S/C19H25N7O/c1-14(2)26-13-22-23-18(26)12-24(4)19(27)21-11-16-5-7-17(8-6-16)25-10-9-20-15(25)3/h5-10,13-14H,11-12H2,1-4H3,(H,21,27). The minimum atomic E-state index is -0.150. The van der Waals surface area contributed by atoms with Crippen molar-refractivity contribution in [2.75, 3.05) is 7.05 Å². The van der Waals surface area contributed by atoms with Gasteiger partial charge < -0.3 is 19.4 Å². The summed E-state index contributed by atoms with van der Waals surface area (Å²) in [6, 6.07) is 8.15. The summed E-state index contributed by atoms with van der Waals surface area (Å²) < 4.78 is 3.97. The first-order chi connectivity index (χ1) is 13.0. The largest absolute Gasteiger partial charge is 0.334 e. The number of hydrogen-bond acceptors (Lipinski definition) is 4. The smallest absolute Gasteiger partial charge is 0.317 e. The van der Waals surface area contributed by atoms with Crippen molar-refractivity contribution in [2.45, 2.75) is 39.9 Å². The van der Waals surface area contributed by atoms with E-state index in [2.05, 4.69) is 34.3 Å². The summed E-state index contributed by atoms with van der Waals surface area (Å²) in [7, 11) is 1.75. The Kier molecular flexibility index (Phi) is 5.54. The van der Waals surface area contributed by atoms with Gasteiger partial charge in [0.05, 0.1) is 6.54 Å². The van der Waals surface area contributed by atoms with Gasteiger partial charge in [-0.2, -0.15) is 0 Å². The third-order valence-corrected chi connectivity index (χ3v) is 4.41. The van der Waals surface area contributed by atoms with Crippen molar-refractivity contribution in [3.63, 3.8) is 0 Å². The highest BCUT2D eigenvalue weighted by Gasteiger charge is 2.14. The van der Waals surface area contributed by atoms with Crippen molar-refractivity contribution in [3.8, 4) is 5.69 Å². The topological polar surface area (TPSA) is 80.9 Å². The predicted octanol–water partition coefficient (Wildman–Crippen LogP) is 2.69. The number of rotatable bonds is 6. The van der Waals surface area contributed by atoms with Gasteiger partial charge in [0.2, 0.25) is 0 Å². The zero-order chi connectivity index (χ0) is 19.4. The fourth-order valence-corrected chi connectivity index (χ4v) is 2.83. The molecular weight excluding hydrogens is 342 g/mol. The summed E-state index contributed by atoms with van der Waals surface area (Å²) in [6.45, 7) is 6.94. The molecule has 3 rings (SSSR count). The molecule has 0 unspecified atom stereocenters. The average Bonchev–Trinajstić information content (AvgIpc) is 3.29. The van der Waals surface area contributed by atoms with Crippen molar-refractivity contribution in [1.82, 2.24) is 34.5 Å². The number of carbonyl (C=O) groups is 1. The van der Waals surface area contributed by atoms with Gasteiger partial charge in [0.15, 0.2) is 5.82 Å². The molecule has 0 bridgehead atoms. The number of carbonyl (C=O) groups excluding carboxylic acids is 1. The first-order valence-electron chi connectivity index (χ1n) is 8.92. The van der Waals surface area contributed by atoms with Gasteiger partial charge in [-0.1, -0.05) is 12.1 Å². The van der Waals surface area contributed by atoms with E-state index in [9.17, 15) is 4.79 Å². The van der Waals surface area contributed by atoms with Gasteiger partial charge in [-0.3, -0.25) is 0 Å². The van der Waals surface area contributed by atoms with Crippen LogP contribution in [0, 0.1) is 6.92 Å². The first-order valence-corrected chi connectivity index (χ1v) is 8.92. The Balaban J connectivity index is 1.55. The van der Waals surface area contributed by atoms with Crippen molar-refractivity contribution in [2.24, 2.45) is 0 Å². The zero-order valence-electron chi connectivity index (χ0n) is 16.1. The Morgan fingerprint density at radius 1 is 1.26 bits per heavy atom. The van der Waals surface area contributed by atoms with E-state index >= 15 is 0 Å². The van der Waals surface area contributed by atoms with Crippen molar-refractivity contribution >= 4 is 6.03 Å². The van der Waals surface area contributed by atoms with Crippen molar-refractivity contribution < 1.29 is 4.79 Å². The minimum absolute atomic E-state index is 0.150. The second kappa shape index (κ2) is 8.03. The van der Waals surface area contributed by atoms with E-state index in [0.29, 0.717) is 13.1 Å². The number of urea groups is 1. The predicted molar refractivity (Wildman–Crippen MR) is 102 cm³/mol. The number of benzene rings is 1. The molecule has 0 radical (unpaired) electrons. The number of nitrogens with zero attached hydrogens (tertiary/aromatic N) is 6. The van der Waals surface area contributed by atoms with E-state index in [-0.39, 0.29) is 12.1 Å². The van der Waals surface area contributed by atoms with Gasteiger partial charge in [0.25, 0.3) is 0 Å². The SMILES string of the molecule is Cc1nccn1-c1ccc(CNC(=O)N(C)Cc2nncn2C(C)C)cc1. The summed E-state index contributed by atoms with van der Waals surface area (Å²) in [4.78, 5) is 18.2. The Morgan fingerprint density at radius 3 is 2.63 bits per heavy atom. The normalized spacial score (nSPS) is 11.0. The van der Waals surface area contributed by atoms with E-state index in [1.165, 1.54) is 0 Å². The molecule has 8 nitrogen and oxygen atoms in total. The first kappa shape index (κ1) is 18.6. The van der Waals surface area contributed by atoms with Gasteiger partial charge in [0.1, 0.15) is 12.2 Å². The lowest BCUT2D eigenvalue weighted by Gasteiger charge is -2.19. The average molecular weight is 367 g/mol. The lowest BCUT2D eigenvalue weighted by Crippen LogP contribution is -2.37. The molecule has 27 heavy (non-hydrogen) atoms. The van der Waals surface area contributed by atoms with Crippen LogP contribution in [0.25, 0.3) is 5.69 Å². The molecule has 0 aliphatic rings. The molecule has 0 aliphatic carbocycles. The lowest BCUT2D eigenvalue weighted by atomic mass is 10.2. The fourth-order valence-electron chi connectivity index (χ4n) is 2.83. The molecule has 2 aromatic heterocycles. The van der Waals surface area contributed by atoms with E-state index in [1.54, 1.807) is 24.5 Å². The van der Waals surface area contributed by atoms with Crippen LogP contribution in [0.5, 0.6) is 0 Å². The molecule has 1 N–H and O–H groups in total. The quantitative estimate of drug-likeness (QED) is 0.726. The van der Waals surface area contributed by atoms with E-state index < -0.39 is 0 Å². The molecule has 0 saturated carbocycles. The highest BCUT2D eigenvalue weighted by Crippen LogP contribution is 2.12. The fraction of sp³-hybridized carbons (Fsp3) is 0.368. The van der Waals surface area contributed by atoms with Crippen molar-refractivity contribution in [1.29, 1.82) is 0 Å². The number of amides is 2. The molecular formula is C19H25N7O. The Bertz CT molecular complexity index is 895. The van der Waals surface area contributed by atoms with Crippen LogP contribution in [-0.2, 0) is 13.1 Å². The maximum Gasteiger partial charge on any atom is 0.317 e. The summed E-state index contributed by atoms with van der Waals surface area (Å²) in [5.74, 6) is 1.70. The van der Waals surface area contributed by atoms with E-state index in [1.807, 2.05) is 46.5 Å². The third-order valence-electron chi connectivity index (χ3n) is 4.41.